The van der Waals surface area contributed by atoms with Gasteiger partial charge in [-0.25, -0.2) is 4.98 Å². The lowest BCUT2D eigenvalue weighted by molar-refractivity contribution is 0.0380. The van der Waals surface area contributed by atoms with Crippen LogP contribution in [0.3, 0.4) is 0 Å². The van der Waals surface area contributed by atoms with Gasteiger partial charge in [-0.1, -0.05) is 0 Å². The van der Waals surface area contributed by atoms with Crippen molar-refractivity contribution in [2.24, 2.45) is 0 Å². The van der Waals surface area contributed by atoms with Gasteiger partial charge in [0.15, 0.2) is 0 Å². The van der Waals surface area contributed by atoms with Crippen LogP contribution in [-0.4, -0.2) is 45.6 Å². The fourth-order valence-electron chi connectivity index (χ4n) is 1.51. The first-order valence-electron chi connectivity index (χ1n) is 5.31. The zero-order valence-electron chi connectivity index (χ0n) is 9.53. The van der Waals surface area contributed by atoms with E-state index in [9.17, 15) is 5.11 Å². The Balaban J connectivity index is 1.96. The highest BCUT2D eigenvalue weighted by molar-refractivity contribution is 5.25. The number of hydrogen-bond acceptors (Lipinski definition) is 6. The van der Waals surface area contributed by atoms with Crippen molar-refractivity contribution in [1.82, 2.24) is 15.2 Å². The minimum atomic E-state index is -0.803. The molecule has 6 nitrogen and oxygen atoms in total. The van der Waals surface area contributed by atoms with E-state index >= 15 is 0 Å². The Bertz CT molecular complexity index is 377. The number of aliphatic hydroxyl groups is 1. The number of rotatable bonds is 3. The van der Waals surface area contributed by atoms with Gasteiger partial charge in [0, 0.05) is 19.6 Å². The molecule has 0 amide bonds. The zero-order valence-corrected chi connectivity index (χ0v) is 9.53. The number of ether oxygens (including phenoxy) is 1. The Morgan fingerprint density at radius 1 is 1.38 bits per heavy atom. The van der Waals surface area contributed by atoms with Gasteiger partial charge in [-0.2, -0.15) is 5.10 Å². The van der Waals surface area contributed by atoms with Crippen molar-refractivity contribution in [3.8, 4) is 0 Å². The average molecular weight is 224 g/mol. The van der Waals surface area contributed by atoms with Crippen molar-refractivity contribution in [3.05, 3.63) is 11.4 Å². The standard InChI is InChI=1S/C10H16N4O2/c1-7-8(2)13-14-9(12-7)11-5-10(15)3-4-16-6-10/h15H,3-6H2,1-2H3,(H,11,12,14). The molecule has 0 bridgehead atoms. The molecule has 88 valence electrons. The zero-order chi connectivity index (χ0) is 11.6. The van der Waals surface area contributed by atoms with Gasteiger partial charge in [-0.15, -0.1) is 5.10 Å². The molecule has 2 N–H and O–H groups in total. The SMILES string of the molecule is Cc1nnc(NCC2(O)CCOC2)nc1C. The van der Waals surface area contributed by atoms with Gasteiger partial charge in [-0.3, -0.25) is 0 Å². The molecule has 0 saturated carbocycles. The minimum Gasteiger partial charge on any atom is -0.386 e. The smallest absolute Gasteiger partial charge is 0.243 e. The van der Waals surface area contributed by atoms with Crippen LogP contribution in [0.1, 0.15) is 17.8 Å². The largest absolute Gasteiger partial charge is 0.386 e. The summed E-state index contributed by atoms with van der Waals surface area (Å²) >= 11 is 0. The first-order valence-corrected chi connectivity index (χ1v) is 5.31. The van der Waals surface area contributed by atoms with Crippen LogP contribution in [0, 0.1) is 13.8 Å². The molecule has 1 aliphatic rings. The summed E-state index contributed by atoms with van der Waals surface area (Å²) in [6.45, 7) is 5.08. The quantitative estimate of drug-likeness (QED) is 0.755. The highest BCUT2D eigenvalue weighted by Crippen LogP contribution is 2.18. The maximum absolute atomic E-state index is 10.0. The number of aromatic nitrogens is 3. The van der Waals surface area contributed by atoms with Crippen molar-refractivity contribution in [3.63, 3.8) is 0 Å². The van der Waals surface area contributed by atoms with Gasteiger partial charge in [0.05, 0.1) is 18.0 Å². The Hall–Kier alpha value is -1.27. The molecule has 1 fully saturated rings. The molecule has 1 aromatic heterocycles. The van der Waals surface area contributed by atoms with Crippen molar-refractivity contribution in [1.29, 1.82) is 0 Å². The summed E-state index contributed by atoms with van der Waals surface area (Å²) < 4.78 is 5.14. The average Bonchev–Trinajstić information content (AvgIpc) is 2.68. The molecule has 1 unspecified atom stereocenters. The van der Waals surface area contributed by atoms with Gasteiger partial charge < -0.3 is 15.2 Å². The molecule has 16 heavy (non-hydrogen) atoms. The Morgan fingerprint density at radius 3 is 2.81 bits per heavy atom. The van der Waals surface area contributed by atoms with E-state index < -0.39 is 5.60 Å². The number of anilines is 1. The van der Waals surface area contributed by atoms with Crippen molar-refractivity contribution in [2.75, 3.05) is 25.1 Å². The van der Waals surface area contributed by atoms with Gasteiger partial charge >= 0.3 is 0 Å². The molecule has 0 radical (unpaired) electrons. The van der Waals surface area contributed by atoms with E-state index in [0.29, 0.717) is 32.1 Å². The minimum absolute atomic E-state index is 0.359. The Morgan fingerprint density at radius 2 is 2.19 bits per heavy atom. The highest BCUT2D eigenvalue weighted by atomic mass is 16.5. The van der Waals surface area contributed by atoms with Crippen LogP contribution >= 0.6 is 0 Å². The van der Waals surface area contributed by atoms with E-state index in [1.165, 1.54) is 0 Å². The molecule has 1 atom stereocenters. The van der Waals surface area contributed by atoms with E-state index in [4.69, 9.17) is 4.74 Å². The molecule has 0 aliphatic carbocycles. The third kappa shape index (κ3) is 2.45. The third-order valence-electron chi connectivity index (χ3n) is 2.75. The molecule has 6 heteroatoms. The number of nitrogens with one attached hydrogen (secondary N) is 1. The molecular weight excluding hydrogens is 208 g/mol. The summed E-state index contributed by atoms with van der Waals surface area (Å²) in [6.07, 6.45) is 0.637. The summed E-state index contributed by atoms with van der Waals surface area (Å²) in [4.78, 5) is 4.23. The second-order valence-electron chi connectivity index (χ2n) is 4.19. The third-order valence-corrected chi connectivity index (χ3v) is 2.75. The van der Waals surface area contributed by atoms with Crippen LogP contribution in [0.2, 0.25) is 0 Å². The lowest BCUT2D eigenvalue weighted by atomic mass is 10.0. The molecule has 2 heterocycles. The molecule has 1 aliphatic heterocycles. The fourth-order valence-corrected chi connectivity index (χ4v) is 1.51. The second kappa shape index (κ2) is 4.31. The number of hydrogen-bond donors (Lipinski definition) is 2. The van der Waals surface area contributed by atoms with Gasteiger partial charge in [0.1, 0.15) is 5.60 Å². The van der Waals surface area contributed by atoms with Gasteiger partial charge in [0.25, 0.3) is 0 Å². The lowest BCUT2D eigenvalue weighted by Gasteiger charge is -2.20. The summed E-state index contributed by atoms with van der Waals surface area (Å²) in [5, 5.41) is 20.9. The van der Waals surface area contributed by atoms with E-state index in [1.807, 2.05) is 13.8 Å². The fraction of sp³-hybridized carbons (Fsp3) is 0.700. The van der Waals surface area contributed by atoms with E-state index in [2.05, 4.69) is 20.5 Å². The van der Waals surface area contributed by atoms with Crippen molar-refractivity contribution >= 4 is 5.95 Å². The molecule has 1 saturated heterocycles. The predicted molar refractivity (Wildman–Crippen MR) is 58.2 cm³/mol. The first-order chi connectivity index (χ1) is 7.59. The second-order valence-corrected chi connectivity index (χ2v) is 4.19. The Kier molecular flexibility index (Phi) is 3.02. The topological polar surface area (TPSA) is 80.2 Å². The molecule has 1 aromatic rings. The van der Waals surface area contributed by atoms with Crippen LogP contribution in [0.4, 0.5) is 5.95 Å². The first kappa shape index (κ1) is 11.2. The summed E-state index contributed by atoms with van der Waals surface area (Å²) in [7, 11) is 0. The van der Waals surface area contributed by atoms with Crippen molar-refractivity contribution < 1.29 is 9.84 Å². The van der Waals surface area contributed by atoms with E-state index in [1.54, 1.807) is 0 Å². The highest BCUT2D eigenvalue weighted by Gasteiger charge is 2.32. The summed E-state index contributed by atoms with van der Waals surface area (Å²) in [5.41, 5.74) is 0.850. The van der Waals surface area contributed by atoms with Crippen LogP contribution in [0.15, 0.2) is 0 Å². The molecule has 2 rings (SSSR count). The lowest BCUT2D eigenvalue weighted by Crippen LogP contribution is -2.37. The Labute approximate surface area is 94.1 Å². The molecular formula is C10H16N4O2. The maximum atomic E-state index is 10.0. The van der Waals surface area contributed by atoms with Crippen LogP contribution < -0.4 is 5.32 Å². The molecule has 0 aromatic carbocycles. The predicted octanol–water partition coefficient (Wildman–Crippen LogP) is 0.0517. The van der Waals surface area contributed by atoms with E-state index in [-0.39, 0.29) is 0 Å². The van der Waals surface area contributed by atoms with Crippen LogP contribution in [0.5, 0.6) is 0 Å². The maximum Gasteiger partial charge on any atom is 0.243 e. The van der Waals surface area contributed by atoms with Crippen molar-refractivity contribution in [2.45, 2.75) is 25.9 Å². The van der Waals surface area contributed by atoms with Gasteiger partial charge in [-0.05, 0) is 13.8 Å². The van der Waals surface area contributed by atoms with Crippen LogP contribution in [-0.2, 0) is 4.74 Å². The number of aryl methyl sites for hydroxylation is 2. The van der Waals surface area contributed by atoms with Gasteiger partial charge in [0.2, 0.25) is 5.95 Å². The summed E-state index contributed by atoms with van der Waals surface area (Å²) in [6, 6.07) is 0. The summed E-state index contributed by atoms with van der Waals surface area (Å²) in [5.74, 6) is 0.448. The van der Waals surface area contributed by atoms with Crippen LogP contribution in [0.25, 0.3) is 0 Å². The number of nitrogens with zero attached hydrogens (tertiary/aromatic N) is 3. The monoisotopic (exact) mass is 224 g/mol. The van der Waals surface area contributed by atoms with E-state index in [0.717, 1.165) is 11.4 Å². The molecule has 0 spiro atoms. The normalized spacial score (nSPS) is 24.7.